The van der Waals surface area contributed by atoms with Crippen molar-refractivity contribution < 1.29 is 13.2 Å². The normalized spacial score (nSPS) is 11.4. The zero-order valence-corrected chi connectivity index (χ0v) is 17.5. The highest BCUT2D eigenvalue weighted by molar-refractivity contribution is 7.89. The molecule has 0 fully saturated rings. The summed E-state index contributed by atoms with van der Waals surface area (Å²) in [4.78, 5) is 12.8. The first-order valence-corrected chi connectivity index (χ1v) is 10.7. The Hall–Kier alpha value is -2.96. The minimum absolute atomic E-state index is 0.199. The molecule has 0 spiro atoms. The van der Waals surface area contributed by atoms with Crippen molar-refractivity contribution in [3.8, 4) is 0 Å². The lowest BCUT2D eigenvalue weighted by molar-refractivity contribution is 0.102. The second-order valence-corrected chi connectivity index (χ2v) is 9.02. The fourth-order valence-electron chi connectivity index (χ4n) is 2.96. The van der Waals surface area contributed by atoms with E-state index in [1.54, 1.807) is 61.6 Å². The molecule has 0 aromatic heterocycles. The van der Waals surface area contributed by atoms with Crippen LogP contribution >= 0.6 is 0 Å². The molecular formula is C23H24N2O3S. The summed E-state index contributed by atoms with van der Waals surface area (Å²) < 4.78 is 26.6. The Labute approximate surface area is 172 Å². The maximum Gasteiger partial charge on any atom is 0.255 e. The Morgan fingerprint density at radius 1 is 0.897 bits per heavy atom. The molecule has 0 bridgehead atoms. The minimum Gasteiger partial charge on any atom is -0.322 e. The SMILES string of the molecule is Cc1cccc(NC(=O)c2ccc(CN(C)S(=O)(=O)c3ccccc3)cc2)c1C. The summed E-state index contributed by atoms with van der Waals surface area (Å²) in [7, 11) is -2.01. The van der Waals surface area contributed by atoms with Gasteiger partial charge < -0.3 is 5.32 Å². The fourth-order valence-corrected chi connectivity index (χ4v) is 4.14. The lowest BCUT2D eigenvalue weighted by Gasteiger charge is -2.17. The van der Waals surface area contributed by atoms with Crippen LogP contribution in [-0.4, -0.2) is 25.7 Å². The number of aryl methyl sites for hydroxylation is 1. The van der Waals surface area contributed by atoms with Gasteiger partial charge in [0.1, 0.15) is 0 Å². The molecule has 0 unspecified atom stereocenters. The Balaban J connectivity index is 1.70. The third kappa shape index (κ3) is 4.72. The quantitative estimate of drug-likeness (QED) is 0.658. The lowest BCUT2D eigenvalue weighted by Crippen LogP contribution is -2.26. The van der Waals surface area contributed by atoms with Crippen LogP contribution in [0.2, 0.25) is 0 Å². The van der Waals surface area contributed by atoms with Gasteiger partial charge in [0.25, 0.3) is 5.91 Å². The Morgan fingerprint density at radius 2 is 1.55 bits per heavy atom. The predicted molar refractivity (Wildman–Crippen MR) is 115 cm³/mol. The summed E-state index contributed by atoms with van der Waals surface area (Å²) >= 11 is 0. The first kappa shape index (κ1) is 20.8. The van der Waals surface area contributed by atoms with Gasteiger partial charge in [-0.2, -0.15) is 4.31 Å². The largest absolute Gasteiger partial charge is 0.322 e. The average Bonchev–Trinajstić information content (AvgIpc) is 2.72. The third-order valence-corrected chi connectivity index (χ3v) is 6.74. The minimum atomic E-state index is -3.56. The number of carbonyl (C=O) groups is 1. The second kappa shape index (κ2) is 8.59. The maximum absolute atomic E-state index is 12.6. The molecule has 5 nitrogen and oxygen atoms in total. The van der Waals surface area contributed by atoms with Crippen LogP contribution in [0.1, 0.15) is 27.0 Å². The Morgan fingerprint density at radius 3 is 2.21 bits per heavy atom. The van der Waals surface area contributed by atoms with Crippen LogP contribution in [0, 0.1) is 13.8 Å². The van der Waals surface area contributed by atoms with Crippen molar-refractivity contribution in [3.05, 3.63) is 95.1 Å². The van der Waals surface area contributed by atoms with Gasteiger partial charge in [-0.25, -0.2) is 8.42 Å². The number of sulfonamides is 1. The van der Waals surface area contributed by atoms with E-state index < -0.39 is 10.0 Å². The summed E-state index contributed by atoms with van der Waals surface area (Å²) in [6.45, 7) is 4.19. The van der Waals surface area contributed by atoms with Crippen LogP contribution in [0.25, 0.3) is 0 Å². The van der Waals surface area contributed by atoms with Gasteiger partial charge >= 0.3 is 0 Å². The summed E-state index contributed by atoms with van der Waals surface area (Å²) in [5.74, 6) is -0.199. The monoisotopic (exact) mass is 408 g/mol. The van der Waals surface area contributed by atoms with Crippen molar-refractivity contribution in [1.29, 1.82) is 0 Å². The number of amides is 1. The van der Waals surface area contributed by atoms with Gasteiger partial charge in [-0.05, 0) is 60.9 Å². The molecule has 0 saturated carbocycles. The van der Waals surface area contributed by atoms with Gasteiger partial charge in [-0.3, -0.25) is 4.79 Å². The number of hydrogen-bond donors (Lipinski definition) is 1. The van der Waals surface area contributed by atoms with E-state index in [-0.39, 0.29) is 17.3 Å². The van der Waals surface area contributed by atoms with Crippen molar-refractivity contribution in [2.45, 2.75) is 25.3 Å². The zero-order valence-electron chi connectivity index (χ0n) is 16.7. The van der Waals surface area contributed by atoms with E-state index >= 15 is 0 Å². The topological polar surface area (TPSA) is 66.5 Å². The van der Waals surface area contributed by atoms with E-state index in [9.17, 15) is 13.2 Å². The molecule has 1 N–H and O–H groups in total. The van der Waals surface area contributed by atoms with Crippen molar-refractivity contribution in [2.75, 3.05) is 12.4 Å². The molecule has 0 saturated heterocycles. The van der Waals surface area contributed by atoms with Gasteiger partial charge in [-0.15, -0.1) is 0 Å². The summed E-state index contributed by atoms with van der Waals surface area (Å²) in [5, 5.41) is 2.93. The summed E-state index contributed by atoms with van der Waals surface area (Å²) in [5.41, 5.74) is 4.25. The number of benzene rings is 3. The van der Waals surface area contributed by atoms with Crippen LogP contribution in [0.15, 0.2) is 77.7 Å². The highest BCUT2D eigenvalue weighted by Gasteiger charge is 2.20. The number of carbonyl (C=O) groups excluding carboxylic acids is 1. The summed E-state index contributed by atoms with van der Waals surface area (Å²) in [6.07, 6.45) is 0. The highest BCUT2D eigenvalue weighted by Crippen LogP contribution is 2.20. The molecular weight excluding hydrogens is 384 g/mol. The van der Waals surface area contributed by atoms with E-state index in [2.05, 4.69) is 5.32 Å². The van der Waals surface area contributed by atoms with Crippen LogP contribution in [0.3, 0.4) is 0 Å². The maximum atomic E-state index is 12.6. The van der Waals surface area contributed by atoms with E-state index in [0.29, 0.717) is 5.56 Å². The lowest BCUT2D eigenvalue weighted by atomic mass is 10.1. The molecule has 150 valence electrons. The van der Waals surface area contributed by atoms with Gasteiger partial charge in [0, 0.05) is 24.8 Å². The molecule has 0 aliphatic carbocycles. The van der Waals surface area contributed by atoms with E-state index in [1.807, 2.05) is 32.0 Å². The molecule has 29 heavy (non-hydrogen) atoms. The first-order valence-electron chi connectivity index (χ1n) is 9.27. The number of anilines is 1. The van der Waals surface area contributed by atoms with Crippen molar-refractivity contribution >= 4 is 21.6 Å². The predicted octanol–water partition coefficient (Wildman–Crippen LogP) is 4.38. The van der Waals surface area contributed by atoms with Crippen molar-refractivity contribution in [2.24, 2.45) is 0 Å². The van der Waals surface area contributed by atoms with E-state index in [4.69, 9.17) is 0 Å². The number of rotatable bonds is 6. The Kier molecular flexibility index (Phi) is 6.15. The summed E-state index contributed by atoms with van der Waals surface area (Å²) in [6, 6.07) is 21.1. The van der Waals surface area contributed by atoms with Gasteiger partial charge in [0.15, 0.2) is 0 Å². The van der Waals surface area contributed by atoms with Crippen LogP contribution in [0.5, 0.6) is 0 Å². The number of nitrogens with one attached hydrogen (secondary N) is 1. The van der Waals surface area contributed by atoms with E-state index in [0.717, 1.165) is 22.4 Å². The molecule has 3 rings (SSSR count). The van der Waals surface area contributed by atoms with E-state index in [1.165, 1.54) is 4.31 Å². The van der Waals surface area contributed by atoms with Crippen LogP contribution < -0.4 is 5.32 Å². The molecule has 3 aromatic rings. The van der Waals surface area contributed by atoms with Crippen molar-refractivity contribution in [3.63, 3.8) is 0 Å². The average molecular weight is 409 g/mol. The van der Waals surface area contributed by atoms with Gasteiger partial charge in [-0.1, -0.05) is 42.5 Å². The molecule has 0 atom stereocenters. The molecule has 6 heteroatoms. The number of hydrogen-bond acceptors (Lipinski definition) is 3. The molecule has 0 aliphatic heterocycles. The first-order chi connectivity index (χ1) is 13.8. The van der Waals surface area contributed by atoms with Crippen LogP contribution in [0.4, 0.5) is 5.69 Å². The number of nitrogens with zero attached hydrogens (tertiary/aromatic N) is 1. The van der Waals surface area contributed by atoms with Crippen LogP contribution in [-0.2, 0) is 16.6 Å². The van der Waals surface area contributed by atoms with Gasteiger partial charge in [0.05, 0.1) is 4.90 Å². The smallest absolute Gasteiger partial charge is 0.255 e. The third-order valence-electron chi connectivity index (χ3n) is 4.93. The van der Waals surface area contributed by atoms with Gasteiger partial charge in [0.2, 0.25) is 10.0 Å². The molecule has 0 heterocycles. The molecule has 3 aromatic carbocycles. The highest BCUT2D eigenvalue weighted by atomic mass is 32.2. The zero-order chi connectivity index (χ0) is 21.0. The van der Waals surface area contributed by atoms with Crippen molar-refractivity contribution in [1.82, 2.24) is 4.31 Å². The standard InChI is InChI=1S/C23H24N2O3S/c1-17-8-7-11-22(18(17)2)24-23(26)20-14-12-19(13-15-20)16-25(3)29(27,28)21-9-5-4-6-10-21/h4-15H,16H2,1-3H3,(H,24,26). The molecule has 0 radical (unpaired) electrons. The molecule has 1 amide bonds. The molecule has 0 aliphatic rings. The fraction of sp³-hybridized carbons (Fsp3) is 0.174. The Bertz CT molecular complexity index is 1110. The second-order valence-electron chi connectivity index (χ2n) is 6.97.